The molecule has 2 fully saturated rings. The zero-order valence-electron chi connectivity index (χ0n) is 16.4. The van der Waals surface area contributed by atoms with E-state index in [0.29, 0.717) is 29.3 Å². The SMILES string of the molecule is C[C@H](CC=O)[C@H]1CC[C@H]2[C@@H](O[Si](C)(C)C(C)(C)C)CCC[C@]12C. The molecule has 134 valence electrons. The van der Waals surface area contributed by atoms with Crippen molar-refractivity contribution in [2.24, 2.45) is 23.2 Å². The minimum atomic E-state index is -1.71. The van der Waals surface area contributed by atoms with Gasteiger partial charge in [-0.15, -0.1) is 0 Å². The number of hydrogen-bond donors (Lipinski definition) is 0. The predicted octanol–water partition coefficient (Wildman–Crippen LogP) is 5.82. The van der Waals surface area contributed by atoms with E-state index in [1.54, 1.807) is 0 Å². The van der Waals surface area contributed by atoms with Gasteiger partial charge < -0.3 is 9.22 Å². The van der Waals surface area contributed by atoms with Crippen LogP contribution in [0.5, 0.6) is 0 Å². The Morgan fingerprint density at radius 1 is 1.26 bits per heavy atom. The first-order valence-corrected chi connectivity index (χ1v) is 12.5. The Labute approximate surface area is 144 Å². The summed E-state index contributed by atoms with van der Waals surface area (Å²) in [5.41, 5.74) is 0.383. The van der Waals surface area contributed by atoms with Gasteiger partial charge in [-0.05, 0) is 67.0 Å². The van der Waals surface area contributed by atoms with Crippen LogP contribution >= 0.6 is 0 Å². The lowest BCUT2D eigenvalue weighted by atomic mass is 9.61. The fourth-order valence-corrected chi connectivity index (χ4v) is 6.50. The molecule has 2 saturated carbocycles. The molecule has 0 aromatic rings. The number of aldehydes is 1. The second-order valence-electron chi connectivity index (χ2n) is 9.98. The molecule has 2 rings (SSSR count). The quantitative estimate of drug-likeness (QED) is 0.466. The molecule has 0 N–H and O–H groups in total. The molecule has 0 radical (unpaired) electrons. The summed E-state index contributed by atoms with van der Waals surface area (Å²) >= 11 is 0. The van der Waals surface area contributed by atoms with Crippen LogP contribution in [0.1, 0.15) is 73.1 Å². The van der Waals surface area contributed by atoms with Crippen LogP contribution in [0.2, 0.25) is 18.1 Å². The van der Waals surface area contributed by atoms with Gasteiger partial charge in [0.15, 0.2) is 8.32 Å². The van der Waals surface area contributed by atoms with Crippen molar-refractivity contribution in [2.75, 3.05) is 0 Å². The maximum absolute atomic E-state index is 11.0. The fourth-order valence-electron chi connectivity index (χ4n) is 5.11. The van der Waals surface area contributed by atoms with E-state index in [1.807, 2.05) is 0 Å². The van der Waals surface area contributed by atoms with Gasteiger partial charge in [0, 0.05) is 12.5 Å². The van der Waals surface area contributed by atoms with Crippen molar-refractivity contribution in [1.82, 2.24) is 0 Å². The van der Waals surface area contributed by atoms with Gasteiger partial charge in [-0.3, -0.25) is 0 Å². The number of carbonyl (C=O) groups is 1. The Balaban J connectivity index is 2.16. The van der Waals surface area contributed by atoms with Gasteiger partial charge in [-0.1, -0.05) is 41.0 Å². The van der Waals surface area contributed by atoms with E-state index in [9.17, 15) is 4.79 Å². The summed E-state index contributed by atoms with van der Waals surface area (Å²) in [6.45, 7) is 16.6. The lowest BCUT2D eigenvalue weighted by Gasteiger charge is -2.49. The molecular weight excluding hydrogens is 300 g/mol. The monoisotopic (exact) mass is 338 g/mol. The topological polar surface area (TPSA) is 26.3 Å². The second kappa shape index (κ2) is 6.63. The van der Waals surface area contributed by atoms with Crippen molar-refractivity contribution >= 4 is 14.6 Å². The third-order valence-electron chi connectivity index (χ3n) is 7.54. The average Bonchev–Trinajstić information content (AvgIpc) is 2.75. The van der Waals surface area contributed by atoms with Gasteiger partial charge in [-0.2, -0.15) is 0 Å². The van der Waals surface area contributed by atoms with E-state index in [1.165, 1.54) is 32.1 Å². The second-order valence-corrected chi connectivity index (χ2v) is 14.7. The van der Waals surface area contributed by atoms with E-state index in [0.717, 1.165) is 12.7 Å². The molecule has 0 unspecified atom stereocenters. The van der Waals surface area contributed by atoms with Crippen LogP contribution in [0.4, 0.5) is 0 Å². The van der Waals surface area contributed by atoms with Crippen molar-refractivity contribution in [1.29, 1.82) is 0 Å². The van der Waals surface area contributed by atoms with Gasteiger partial charge in [0.1, 0.15) is 6.29 Å². The molecular formula is C20H38O2Si. The van der Waals surface area contributed by atoms with Crippen LogP contribution in [-0.2, 0) is 9.22 Å². The van der Waals surface area contributed by atoms with Crippen LogP contribution < -0.4 is 0 Å². The van der Waals surface area contributed by atoms with E-state index < -0.39 is 8.32 Å². The summed E-state index contributed by atoms with van der Waals surface area (Å²) in [5, 5.41) is 0.281. The van der Waals surface area contributed by atoms with Crippen LogP contribution in [0, 0.1) is 23.2 Å². The first-order chi connectivity index (χ1) is 10.5. The van der Waals surface area contributed by atoms with E-state index in [4.69, 9.17) is 4.43 Å². The molecule has 5 atom stereocenters. The van der Waals surface area contributed by atoms with Gasteiger partial charge in [0.05, 0.1) is 0 Å². The maximum Gasteiger partial charge on any atom is 0.192 e. The van der Waals surface area contributed by atoms with E-state index in [2.05, 4.69) is 47.7 Å². The highest BCUT2D eigenvalue weighted by Crippen LogP contribution is 2.59. The predicted molar refractivity (Wildman–Crippen MR) is 100 cm³/mol. The minimum Gasteiger partial charge on any atom is -0.414 e. The van der Waals surface area contributed by atoms with Crippen molar-refractivity contribution in [3.05, 3.63) is 0 Å². The molecule has 23 heavy (non-hydrogen) atoms. The third-order valence-corrected chi connectivity index (χ3v) is 12.0. The molecule has 0 bridgehead atoms. The largest absolute Gasteiger partial charge is 0.414 e. The Morgan fingerprint density at radius 2 is 1.91 bits per heavy atom. The zero-order chi connectivity index (χ0) is 17.5. The summed E-state index contributed by atoms with van der Waals surface area (Å²) in [7, 11) is -1.71. The van der Waals surface area contributed by atoms with Crippen molar-refractivity contribution in [2.45, 2.75) is 97.4 Å². The molecule has 0 aromatic carbocycles. The normalized spacial score (nSPS) is 36.6. The number of hydrogen-bond acceptors (Lipinski definition) is 2. The molecule has 0 aromatic heterocycles. The summed E-state index contributed by atoms with van der Waals surface area (Å²) in [5.74, 6) is 1.92. The first kappa shape index (κ1) is 19.2. The Hall–Kier alpha value is -0.153. The summed E-state index contributed by atoms with van der Waals surface area (Å²) in [4.78, 5) is 11.0. The van der Waals surface area contributed by atoms with Gasteiger partial charge in [0.25, 0.3) is 0 Å². The molecule has 0 spiro atoms. The highest BCUT2D eigenvalue weighted by atomic mass is 28.4. The lowest BCUT2D eigenvalue weighted by molar-refractivity contribution is -0.109. The highest BCUT2D eigenvalue weighted by Gasteiger charge is 2.54. The number of rotatable bonds is 5. The molecule has 0 heterocycles. The smallest absolute Gasteiger partial charge is 0.192 e. The van der Waals surface area contributed by atoms with Crippen molar-refractivity contribution in [3.63, 3.8) is 0 Å². The number of fused-ring (bicyclic) bond motifs is 1. The summed E-state index contributed by atoms with van der Waals surface area (Å²) < 4.78 is 6.88. The molecule has 0 saturated heterocycles. The van der Waals surface area contributed by atoms with Crippen molar-refractivity contribution < 1.29 is 9.22 Å². The highest BCUT2D eigenvalue weighted by molar-refractivity contribution is 6.74. The zero-order valence-corrected chi connectivity index (χ0v) is 17.4. The fraction of sp³-hybridized carbons (Fsp3) is 0.950. The first-order valence-electron chi connectivity index (χ1n) is 9.64. The van der Waals surface area contributed by atoms with Crippen LogP contribution in [0.15, 0.2) is 0 Å². The van der Waals surface area contributed by atoms with Crippen LogP contribution in [0.25, 0.3) is 0 Å². The third kappa shape index (κ3) is 3.61. The van der Waals surface area contributed by atoms with Gasteiger partial charge in [0.2, 0.25) is 0 Å². The Morgan fingerprint density at radius 3 is 2.48 bits per heavy atom. The van der Waals surface area contributed by atoms with Crippen molar-refractivity contribution in [3.8, 4) is 0 Å². The van der Waals surface area contributed by atoms with Crippen LogP contribution in [0.3, 0.4) is 0 Å². The summed E-state index contributed by atoms with van der Waals surface area (Å²) in [6.07, 6.45) is 8.72. The van der Waals surface area contributed by atoms with Crippen LogP contribution in [-0.4, -0.2) is 20.7 Å². The molecule has 2 aliphatic rings. The maximum atomic E-state index is 11.0. The summed E-state index contributed by atoms with van der Waals surface area (Å²) in [6, 6.07) is 0. The Bertz CT molecular complexity index is 426. The van der Waals surface area contributed by atoms with Gasteiger partial charge in [-0.25, -0.2) is 0 Å². The van der Waals surface area contributed by atoms with E-state index in [-0.39, 0.29) is 5.04 Å². The van der Waals surface area contributed by atoms with Gasteiger partial charge >= 0.3 is 0 Å². The van der Waals surface area contributed by atoms with E-state index >= 15 is 0 Å². The molecule has 2 aliphatic carbocycles. The Kier molecular flexibility index (Phi) is 5.53. The average molecular weight is 339 g/mol. The molecule has 2 nitrogen and oxygen atoms in total. The lowest BCUT2D eigenvalue weighted by Crippen LogP contribution is -2.50. The molecule has 3 heteroatoms. The molecule has 0 amide bonds. The standard InChI is InChI=1S/C20H38O2Si/c1-15(12-14-21)16-10-11-17-18(9-8-13-20(16,17)5)22-23(6,7)19(2,3)4/h14-18H,8-13H2,1-7H3/t15-,16-,17+,18+,20-/m1/s1. The molecule has 0 aliphatic heterocycles. The number of carbonyl (C=O) groups excluding carboxylic acids is 1. The minimum absolute atomic E-state index is 0.281.